The first-order valence-electron chi connectivity index (χ1n) is 14.9. The molecule has 2 aliphatic rings. The Morgan fingerprint density at radius 3 is 2.10 bits per heavy atom. The lowest BCUT2D eigenvalue weighted by Gasteiger charge is -2.40. The van der Waals surface area contributed by atoms with Crippen molar-refractivity contribution in [3.8, 4) is 16.9 Å². The van der Waals surface area contributed by atoms with Gasteiger partial charge < -0.3 is 14.0 Å². The van der Waals surface area contributed by atoms with Crippen LogP contribution < -0.4 is 20.5 Å². The second-order valence-electron chi connectivity index (χ2n) is 13.8. The molecule has 2 aliphatic heterocycles. The molecule has 3 nitrogen and oxygen atoms in total. The van der Waals surface area contributed by atoms with Gasteiger partial charge in [-0.15, -0.1) is 0 Å². The monoisotopic (exact) mass is 547 g/mol. The third-order valence-electron chi connectivity index (χ3n) is 9.00. The molecule has 0 radical (unpaired) electrons. The highest BCUT2D eigenvalue weighted by molar-refractivity contribution is 6.86. The lowest BCUT2D eigenvalue weighted by Crippen LogP contribution is -2.56. The Hall–Kier alpha value is -4.44. The predicted octanol–water partition coefficient (Wildman–Crippen LogP) is 9.13. The minimum Gasteiger partial charge on any atom is -0.551 e. The van der Waals surface area contributed by atoms with Crippen LogP contribution in [0.5, 0.6) is 5.75 Å². The fraction of sp³-hybridized carbons (Fsp3) is 0.211. The van der Waals surface area contributed by atoms with Crippen molar-refractivity contribution in [3.05, 3.63) is 108 Å². The molecule has 5 aromatic carbocycles. The maximum Gasteiger partial charge on any atom is 0.431 e. The minimum absolute atomic E-state index is 0.00854. The fourth-order valence-electron chi connectivity index (χ4n) is 6.73. The van der Waals surface area contributed by atoms with Crippen molar-refractivity contribution in [1.29, 1.82) is 0 Å². The quantitative estimate of drug-likeness (QED) is 0.192. The van der Waals surface area contributed by atoms with E-state index >= 15 is 0 Å². The molecule has 0 bridgehead atoms. The van der Waals surface area contributed by atoms with E-state index in [1.54, 1.807) is 0 Å². The number of benzene rings is 5. The third-order valence-corrected chi connectivity index (χ3v) is 9.00. The molecule has 0 saturated carbocycles. The number of fused-ring (bicyclic) bond motifs is 8. The molecule has 3 heterocycles. The third kappa shape index (κ3) is 3.61. The lowest BCUT2D eigenvalue weighted by atomic mass is 9.49. The summed E-state index contributed by atoms with van der Waals surface area (Å²) < 4.78 is 13.5. The highest BCUT2D eigenvalue weighted by Crippen LogP contribution is 2.49. The fourth-order valence-corrected chi connectivity index (χ4v) is 6.73. The predicted molar refractivity (Wildman–Crippen MR) is 177 cm³/mol. The molecule has 0 saturated heterocycles. The van der Waals surface area contributed by atoms with Crippen molar-refractivity contribution in [2.75, 3.05) is 4.90 Å². The van der Waals surface area contributed by atoms with Crippen LogP contribution >= 0.6 is 0 Å². The van der Waals surface area contributed by atoms with E-state index in [0.717, 1.165) is 50.3 Å². The average Bonchev–Trinajstić information content (AvgIpc) is 3.34. The van der Waals surface area contributed by atoms with Gasteiger partial charge in [-0.1, -0.05) is 102 Å². The van der Waals surface area contributed by atoms with Crippen LogP contribution in [-0.2, 0) is 10.8 Å². The van der Waals surface area contributed by atoms with Gasteiger partial charge in [0.05, 0.1) is 11.1 Å². The Bertz CT molecular complexity index is 2040. The molecular formula is C38H34BNO2. The number of hydrogen-bond donors (Lipinski definition) is 0. The van der Waals surface area contributed by atoms with Gasteiger partial charge in [-0.05, 0) is 69.4 Å². The van der Waals surface area contributed by atoms with E-state index < -0.39 is 0 Å². The summed E-state index contributed by atoms with van der Waals surface area (Å²) in [6, 6.07) is 35.1. The smallest absolute Gasteiger partial charge is 0.431 e. The first-order valence-corrected chi connectivity index (χ1v) is 14.9. The number of nitrogens with zero attached hydrogens (tertiary/aromatic N) is 1. The molecular weight excluding hydrogens is 513 g/mol. The Balaban J connectivity index is 1.52. The number of rotatable bonds is 1. The molecule has 0 amide bonds. The van der Waals surface area contributed by atoms with Crippen LogP contribution in [0.3, 0.4) is 0 Å². The summed E-state index contributed by atoms with van der Waals surface area (Å²) in [5.74, 6) is 0.909. The topological polar surface area (TPSA) is 25.6 Å². The zero-order valence-electron chi connectivity index (χ0n) is 25.1. The van der Waals surface area contributed by atoms with Crippen LogP contribution in [0.1, 0.15) is 52.7 Å². The zero-order valence-corrected chi connectivity index (χ0v) is 25.1. The van der Waals surface area contributed by atoms with E-state index in [4.69, 9.17) is 9.07 Å². The van der Waals surface area contributed by atoms with Crippen molar-refractivity contribution in [1.82, 2.24) is 0 Å². The average molecular weight is 548 g/mol. The Labute approximate surface area is 247 Å². The van der Waals surface area contributed by atoms with Gasteiger partial charge >= 0.3 is 6.92 Å². The van der Waals surface area contributed by atoms with E-state index in [1.165, 1.54) is 27.6 Å². The Morgan fingerprint density at radius 1 is 0.643 bits per heavy atom. The lowest BCUT2D eigenvalue weighted by molar-refractivity contribution is 0.585. The summed E-state index contributed by atoms with van der Waals surface area (Å²) in [7, 11) is 0. The number of anilines is 3. The van der Waals surface area contributed by atoms with Gasteiger partial charge in [-0.2, -0.15) is 0 Å². The van der Waals surface area contributed by atoms with E-state index in [2.05, 4.69) is 137 Å². The molecule has 1 aromatic heterocycles. The molecule has 4 heteroatoms. The van der Waals surface area contributed by atoms with Crippen LogP contribution in [0.4, 0.5) is 17.1 Å². The van der Waals surface area contributed by atoms with Crippen LogP contribution in [0, 0.1) is 0 Å². The molecule has 0 aliphatic carbocycles. The van der Waals surface area contributed by atoms with Crippen molar-refractivity contribution in [3.63, 3.8) is 0 Å². The van der Waals surface area contributed by atoms with Crippen molar-refractivity contribution in [2.24, 2.45) is 0 Å². The van der Waals surface area contributed by atoms with E-state index in [0.29, 0.717) is 0 Å². The molecule has 206 valence electrons. The van der Waals surface area contributed by atoms with Crippen molar-refractivity contribution >= 4 is 56.8 Å². The Kier molecular flexibility index (Phi) is 5.15. The molecule has 6 aromatic rings. The minimum atomic E-state index is -0.231. The van der Waals surface area contributed by atoms with E-state index in [1.807, 2.05) is 6.07 Å². The molecule has 0 unspecified atom stereocenters. The molecule has 0 fully saturated rings. The maximum absolute atomic E-state index is 6.96. The molecule has 42 heavy (non-hydrogen) atoms. The highest BCUT2D eigenvalue weighted by atomic mass is 16.4. The summed E-state index contributed by atoms with van der Waals surface area (Å²) in [6.07, 6.45) is 0. The number of furan rings is 1. The SMILES string of the molecule is CC(C)(C)c1ccc(N2c3ccc(C(C)(C)C)cc3B3Oc4ccccc4-c4cc5oc6ccccc6c5c2c43)cc1. The maximum atomic E-state index is 6.96. The van der Waals surface area contributed by atoms with Gasteiger partial charge in [0.2, 0.25) is 0 Å². The Morgan fingerprint density at radius 2 is 1.33 bits per heavy atom. The van der Waals surface area contributed by atoms with Gasteiger partial charge in [-0.3, -0.25) is 0 Å². The number of hydrogen-bond acceptors (Lipinski definition) is 3. The molecule has 0 atom stereocenters. The second kappa shape index (κ2) is 8.55. The van der Waals surface area contributed by atoms with Gasteiger partial charge in [0.25, 0.3) is 0 Å². The van der Waals surface area contributed by atoms with Gasteiger partial charge in [0.15, 0.2) is 0 Å². The normalized spacial score (nSPS) is 14.0. The zero-order chi connectivity index (χ0) is 29.0. The van der Waals surface area contributed by atoms with Crippen LogP contribution in [0.2, 0.25) is 0 Å². The summed E-state index contributed by atoms with van der Waals surface area (Å²) in [5.41, 5.74) is 12.6. The standard InChI is InChI=1S/C38H34BNO2/c1-37(2,3)23-15-18-25(19-16-23)40-30-20-17-24(38(4,5)6)21-29(30)39-35-28(26-11-7-10-14-32(26)42-39)22-33-34(36(35)40)27-12-8-9-13-31(27)41-33/h7-22H,1-6H3. The van der Waals surface area contributed by atoms with E-state index in [9.17, 15) is 0 Å². The summed E-state index contributed by atoms with van der Waals surface area (Å²) in [6.45, 7) is 13.4. The van der Waals surface area contributed by atoms with Gasteiger partial charge in [0.1, 0.15) is 16.9 Å². The van der Waals surface area contributed by atoms with Crippen LogP contribution in [0.15, 0.2) is 101 Å². The van der Waals surface area contributed by atoms with Gasteiger partial charge in [0, 0.05) is 27.8 Å². The molecule has 0 N–H and O–H groups in total. The molecule has 0 spiro atoms. The van der Waals surface area contributed by atoms with Crippen LogP contribution in [0.25, 0.3) is 33.1 Å². The summed E-state index contributed by atoms with van der Waals surface area (Å²) in [5, 5.41) is 2.25. The van der Waals surface area contributed by atoms with E-state index in [-0.39, 0.29) is 17.7 Å². The summed E-state index contributed by atoms with van der Waals surface area (Å²) >= 11 is 0. The highest BCUT2D eigenvalue weighted by Gasteiger charge is 2.44. The first kappa shape index (κ1) is 25.3. The number of para-hydroxylation sites is 2. The van der Waals surface area contributed by atoms with Crippen molar-refractivity contribution < 1.29 is 9.07 Å². The largest absolute Gasteiger partial charge is 0.551 e. The van der Waals surface area contributed by atoms with Gasteiger partial charge in [-0.25, -0.2) is 0 Å². The summed E-state index contributed by atoms with van der Waals surface area (Å²) in [4.78, 5) is 2.45. The molecule has 8 rings (SSSR count). The van der Waals surface area contributed by atoms with Crippen LogP contribution in [-0.4, -0.2) is 6.92 Å². The van der Waals surface area contributed by atoms with Crippen molar-refractivity contribution in [2.45, 2.75) is 52.4 Å². The first-order chi connectivity index (χ1) is 20.1. The second-order valence-corrected chi connectivity index (χ2v) is 13.8.